The second-order valence-electron chi connectivity index (χ2n) is 7.71. The van der Waals surface area contributed by atoms with Crippen LogP contribution in [-0.4, -0.2) is 61.1 Å². The number of fused-ring (bicyclic) bond motifs is 1. The van der Waals surface area contributed by atoms with Crippen molar-refractivity contribution in [2.45, 2.75) is 25.5 Å². The fourth-order valence-corrected chi connectivity index (χ4v) is 4.00. The number of nitrogens with one attached hydrogen (secondary N) is 1. The summed E-state index contributed by atoms with van der Waals surface area (Å²) in [6.45, 7) is 3.00. The third-order valence-electron chi connectivity index (χ3n) is 5.11. The predicted molar refractivity (Wildman–Crippen MR) is 130 cm³/mol. The van der Waals surface area contributed by atoms with E-state index >= 15 is 0 Å². The summed E-state index contributed by atoms with van der Waals surface area (Å²) in [5.41, 5.74) is 5.81. The first-order chi connectivity index (χ1) is 15.4. The lowest BCUT2D eigenvalue weighted by atomic mass is 9.87. The van der Waals surface area contributed by atoms with Crippen molar-refractivity contribution in [1.82, 2.24) is 14.3 Å². The molecule has 0 saturated carbocycles. The number of hydrogen-bond donors (Lipinski definition) is 4. The Morgan fingerprint density at radius 3 is 2.61 bits per heavy atom. The van der Waals surface area contributed by atoms with Crippen LogP contribution in [0.15, 0.2) is 36.8 Å². The van der Waals surface area contributed by atoms with Crippen molar-refractivity contribution in [3.05, 3.63) is 56.8 Å². The van der Waals surface area contributed by atoms with E-state index in [1.54, 1.807) is 42.0 Å². The zero-order valence-corrected chi connectivity index (χ0v) is 20.6. The standard InChI is InChI=1S/C19H18ClFIN5O2.C2H4O2/c1-10(23)19(29)8-27(9-19)18(28)12-7-26-5-4-24-17(26)15(20)16(12)25-14-3-2-11(22)6-13(14)21;1-2(3)4/h2-7,10,25,29H,8-9,23H2,1H3;1H3,(H,3,4). The first-order valence-electron chi connectivity index (χ1n) is 9.77. The van der Waals surface area contributed by atoms with E-state index in [-0.39, 0.29) is 41.0 Å². The van der Waals surface area contributed by atoms with Gasteiger partial charge in [0.25, 0.3) is 11.9 Å². The van der Waals surface area contributed by atoms with Crippen LogP contribution in [0.4, 0.5) is 15.8 Å². The Hall–Kier alpha value is -2.48. The molecule has 0 bridgehead atoms. The summed E-state index contributed by atoms with van der Waals surface area (Å²) in [6.07, 6.45) is 4.82. The van der Waals surface area contributed by atoms with Gasteiger partial charge in [0, 0.05) is 35.1 Å². The van der Waals surface area contributed by atoms with Gasteiger partial charge < -0.3 is 30.6 Å². The molecule has 4 rings (SSSR count). The fourth-order valence-electron chi connectivity index (χ4n) is 3.25. The highest BCUT2D eigenvalue weighted by atomic mass is 127. The molecular weight excluding hydrogens is 568 g/mol. The van der Waals surface area contributed by atoms with Gasteiger partial charge in [-0.25, -0.2) is 9.37 Å². The summed E-state index contributed by atoms with van der Waals surface area (Å²) < 4.78 is 16.8. The smallest absolute Gasteiger partial charge is 0.300 e. The quantitative estimate of drug-likeness (QED) is 0.344. The molecule has 9 nitrogen and oxygen atoms in total. The van der Waals surface area contributed by atoms with Crippen molar-refractivity contribution in [3.8, 4) is 0 Å². The number of nitrogens with zero attached hydrogens (tertiary/aromatic N) is 3. The van der Waals surface area contributed by atoms with Gasteiger partial charge >= 0.3 is 0 Å². The second-order valence-corrected chi connectivity index (χ2v) is 9.34. The van der Waals surface area contributed by atoms with Crippen LogP contribution in [0.25, 0.3) is 5.65 Å². The van der Waals surface area contributed by atoms with Crippen LogP contribution in [0.1, 0.15) is 24.2 Å². The van der Waals surface area contributed by atoms with Gasteiger partial charge in [0.05, 0.1) is 30.0 Å². The van der Waals surface area contributed by atoms with E-state index in [9.17, 15) is 14.3 Å². The molecule has 176 valence electrons. The zero-order chi connectivity index (χ0) is 24.5. The molecule has 1 amide bonds. The lowest BCUT2D eigenvalue weighted by Crippen LogP contribution is -2.70. The van der Waals surface area contributed by atoms with Crippen LogP contribution in [0.5, 0.6) is 0 Å². The maximum atomic E-state index is 14.4. The Labute approximate surface area is 207 Å². The van der Waals surface area contributed by atoms with Crippen molar-refractivity contribution < 1.29 is 24.2 Å². The number of anilines is 2. The first-order valence-corrected chi connectivity index (χ1v) is 11.2. The van der Waals surface area contributed by atoms with E-state index in [4.69, 9.17) is 27.2 Å². The lowest BCUT2D eigenvalue weighted by molar-refractivity contribution is -0.134. The number of hydrogen-bond acceptors (Lipinski definition) is 6. The second kappa shape index (κ2) is 9.79. The molecule has 0 radical (unpaired) electrons. The van der Waals surface area contributed by atoms with Gasteiger partial charge in [-0.1, -0.05) is 11.6 Å². The summed E-state index contributed by atoms with van der Waals surface area (Å²) in [7, 11) is 0. The molecule has 3 aromatic rings. The largest absolute Gasteiger partial charge is 0.481 e. The predicted octanol–water partition coefficient (Wildman–Crippen LogP) is 3.10. The Balaban J connectivity index is 0.000000709. The molecule has 5 N–H and O–H groups in total. The summed E-state index contributed by atoms with van der Waals surface area (Å²) in [6, 6.07) is 4.23. The van der Waals surface area contributed by atoms with E-state index in [2.05, 4.69) is 10.3 Å². The third kappa shape index (κ3) is 5.37. The molecule has 0 spiro atoms. The number of aliphatic carboxylic acids is 1. The molecule has 1 aliphatic heterocycles. The number of nitrogens with two attached hydrogens (primary N) is 1. The van der Waals surface area contributed by atoms with Gasteiger partial charge in [0.1, 0.15) is 16.4 Å². The topological polar surface area (TPSA) is 133 Å². The normalized spacial score (nSPS) is 15.3. The van der Waals surface area contributed by atoms with Gasteiger partial charge in [-0.05, 0) is 47.7 Å². The number of benzene rings is 1. The SMILES string of the molecule is CC(=O)O.CC(N)C1(O)CN(C(=O)c2cn3ccnc3c(Cl)c2Nc2ccc(I)cc2F)C1. The Morgan fingerprint density at radius 2 is 2.03 bits per heavy atom. The monoisotopic (exact) mass is 589 g/mol. The molecule has 1 aromatic carbocycles. The van der Waals surface area contributed by atoms with Crippen LogP contribution < -0.4 is 11.1 Å². The number of carbonyl (C=O) groups excluding carboxylic acids is 1. The van der Waals surface area contributed by atoms with Crippen LogP contribution in [0, 0.1) is 9.39 Å². The number of rotatable bonds is 4. The molecule has 1 atom stereocenters. The number of pyridine rings is 1. The molecule has 0 aliphatic carbocycles. The van der Waals surface area contributed by atoms with Crippen LogP contribution in [0.2, 0.25) is 5.02 Å². The number of β-amino-alcohol motifs (C(OH)–C–C–N with tert-alkyl or cyclic N) is 1. The number of aliphatic hydroxyl groups is 1. The van der Waals surface area contributed by atoms with Crippen molar-refractivity contribution in [2.24, 2.45) is 5.73 Å². The molecule has 33 heavy (non-hydrogen) atoms. The summed E-state index contributed by atoms with van der Waals surface area (Å²) in [4.78, 5) is 27.8. The van der Waals surface area contributed by atoms with E-state index < -0.39 is 23.4 Å². The number of likely N-dealkylation sites (tertiary alicyclic amines) is 1. The molecule has 1 unspecified atom stereocenters. The maximum Gasteiger partial charge on any atom is 0.300 e. The molecule has 3 heterocycles. The third-order valence-corrected chi connectivity index (χ3v) is 6.14. The van der Waals surface area contributed by atoms with E-state index in [1.165, 1.54) is 11.0 Å². The summed E-state index contributed by atoms with van der Waals surface area (Å²) >= 11 is 8.54. The Bertz CT molecular complexity index is 1210. The highest BCUT2D eigenvalue weighted by Gasteiger charge is 2.47. The minimum atomic E-state index is -1.12. The maximum absolute atomic E-state index is 14.4. The Kier molecular flexibility index (Phi) is 7.46. The van der Waals surface area contributed by atoms with Gasteiger partial charge in [-0.2, -0.15) is 0 Å². The zero-order valence-electron chi connectivity index (χ0n) is 17.7. The molecule has 12 heteroatoms. The number of halogens is 3. The summed E-state index contributed by atoms with van der Waals surface area (Å²) in [5, 5.41) is 20.9. The highest BCUT2D eigenvalue weighted by molar-refractivity contribution is 14.1. The minimum Gasteiger partial charge on any atom is -0.481 e. The number of amides is 1. The van der Waals surface area contributed by atoms with Crippen LogP contribution >= 0.6 is 34.2 Å². The molecular formula is C21H22ClFIN5O4. The number of imidazole rings is 1. The van der Waals surface area contributed by atoms with Gasteiger partial charge in [0.2, 0.25) is 0 Å². The van der Waals surface area contributed by atoms with Crippen LogP contribution in [0.3, 0.4) is 0 Å². The van der Waals surface area contributed by atoms with Gasteiger partial charge in [-0.3, -0.25) is 9.59 Å². The number of aromatic nitrogens is 2. The molecule has 1 fully saturated rings. The van der Waals surface area contributed by atoms with Crippen molar-refractivity contribution in [3.63, 3.8) is 0 Å². The molecule has 1 aliphatic rings. The lowest BCUT2D eigenvalue weighted by Gasteiger charge is -2.48. The first kappa shape index (κ1) is 25.1. The van der Waals surface area contributed by atoms with E-state index in [0.29, 0.717) is 5.65 Å². The van der Waals surface area contributed by atoms with E-state index in [1.807, 2.05) is 22.6 Å². The van der Waals surface area contributed by atoms with Gasteiger partial charge in [-0.15, -0.1) is 0 Å². The van der Waals surface area contributed by atoms with Gasteiger partial charge in [0.15, 0.2) is 5.65 Å². The minimum absolute atomic E-state index is 0.112. The fraction of sp³-hybridized carbons (Fsp3) is 0.286. The van der Waals surface area contributed by atoms with Crippen molar-refractivity contribution >= 4 is 63.1 Å². The Morgan fingerprint density at radius 1 is 1.39 bits per heavy atom. The average Bonchev–Trinajstić information content (AvgIpc) is 3.17. The van der Waals surface area contributed by atoms with Crippen molar-refractivity contribution in [1.29, 1.82) is 0 Å². The van der Waals surface area contributed by atoms with E-state index in [0.717, 1.165) is 10.5 Å². The highest BCUT2D eigenvalue weighted by Crippen LogP contribution is 2.36. The summed E-state index contributed by atoms with van der Waals surface area (Å²) in [5.74, 6) is -1.65. The number of carboxylic acid groups (broad SMARTS) is 1. The number of carboxylic acids is 1. The molecule has 1 saturated heterocycles. The van der Waals surface area contributed by atoms with Crippen LogP contribution in [-0.2, 0) is 4.79 Å². The van der Waals surface area contributed by atoms with Crippen molar-refractivity contribution in [2.75, 3.05) is 18.4 Å². The molecule has 2 aromatic heterocycles. The number of carbonyl (C=O) groups is 2. The average molecular weight is 590 g/mol.